The number of piperidine rings is 1. The number of benzene rings is 2. The number of nitrogens with zero attached hydrogens (tertiary/aromatic N) is 1. The first-order chi connectivity index (χ1) is 13.1. The van der Waals surface area contributed by atoms with Crippen molar-refractivity contribution in [3.05, 3.63) is 68.3 Å². The van der Waals surface area contributed by atoms with E-state index in [4.69, 9.17) is 0 Å². The third kappa shape index (κ3) is 3.28. The Kier molecular flexibility index (Phi) is 4.65. The molecule has 1 N–H and O–H groups in total. The fourth-order valence-electron chi connectivity index (χ4n) is 4.96. The van der Waals surface area contributed by atoms with Gasteiger partial charge in [-0.05, 0) is 108 Å². The van der Waals surface area contributed by atoms with Gasteiger partial charge in [0.15, 0.2) is 0 Å². The maximum absolute atomic E-state index is 12.3. The fraction of sp³-hybridized carbons (Fsp3) is 0.417. The summed E-state index contributed by atoms with van der Waals surface area (Å²) in [6.07, 6.45) is 9.28. The maximum atomic E-state index is 12.3. The van der Waals surface area contributed by atoms with Crippen molar-refractivity contribution in [2.45, 2.75) is 31.3 Å². The minimum Gasteiger partial charge on any atom is -0.380 e. The van der Waals surface area contributed by atoms with Crippen molar-refractivity contribution >= 4 is 34.7 Å². The topological polar surface area (TPSA) is 23.5 Å². The molecule has 2 fully saturated rings. The van der Waals surface area contributed by atoms with Gasteiger partial charge < -0.3 is 10.0 Å². The molecular weight excluding hydrogens is 445 g/mol. The van der Waals surface area contributed by atoms with Gasteiger partial charge in [-0.3, -0.25) is 0 Å². The van der Waals surface area contributed by atoms with Crippen LogP contribution in [0, 0.1) is 15.4 Å². The van der Waals surface area contributed by atoms with Crippen LogP contribution in [-0.2, 0) is 5.60 Å². The Morgan fingerprint density at radius 3 is 2.37 bits per heavy atom. The Hall–Kier alpha value is -1.17. The smallest absolute Gasteiger partial charge is 0.119 e. The fourth-order valence-corrected chi connectivity index (χ4v) is 5.45. The molecule has 2 aromatic rings. The third-order valence-corrected chi connectivity index (χ3v) is 7.30. The minimum atomic E-state index is -0.914. The lowest BCUT2D eigenvalue weighted by atomic mass is 9.70. The van der Waals surface area contributed by atoms with Crippen LogP contribution in [0.25, 0.3) is 12.2 Å². The summed E-state index contributed by atoms with van der Waals surface area (Å²) in [5.41, 5.74) is 3.53. The molecule has 27 heavy (non-hydrogen) atoms. The van der Waals surface area contributed by atoms with Gasteiger partial charge >= 0.3 is 0 Å². The number of fused-ring (bicyclic) bond motifs is 2. The predicted molar refractivity (Wildman–Crippen MR) is 119 cm³/mol. The molecule has 0 amide bonds. The highest BCUT2D eigenvalue weighted by atomic mass is 127. The van der Waals surface area contributed by atoms with Gasteiger partial charge in [-0.1, -0.05) is 42.5 Å². The molecule has 2 aromatic carbocycles. The van der Waals surface area contributed by atoms with E-state index in [1.54, 1.807) is 0 Å². The van der Waals surface area contributed by atoms with E-state index >= 15 is 0 Å². The molecule has 3 aliphatic rings. The Labute approximate surface area is 175 Å². The second kappa shape index (κ2) is 7.02. The lowest BCUT2D eigenvalue weighted by molar-refractivity contribution is -0.0148. The van der Waals surface area contributed by atoms with Crippen LogP contribution in [0.2, 0.25) is 0 Å². The van der Waals surface area contributed by atoms with Crippen LogP contribution >= 0.6 is 22.6 Å². The summed E-state index contributed by atoms with van der Waals surface area (Å²) in [6, 6.07) is 14.9. The monoisotopic (exact) mass is 471 g/mol. The molecule has 1 aliphatic heterocycles. The Balaban J connectivity index is 1.55. The standard InChI is InChI=1S/C24H26INO/c25-21-10-9-19-8-7-18-3-1-2-4-22(18)24(27,23(19)15-21)20-11-13-26(14-12-20)16-17-5-6-17/h1-4,7-10,15,17,20,27H,5-6,11-14,16H2. The minimum absolute atomic E-state index is 0.256. The number of hydrogen-bond donors (Lipinski definition) is 1. The van der Waals surface area contributed by atoms with Gasteiger partial charge in [-0.25, -0.2) is 0 Å². The zero-order valence-corrected chi connectivity index (χ0v) is 17.7. The zero-order chi connectivity index (χ0) is 18.4. The van der Waals surface area contributed by atoms with Crippen LogP contribution < -0.4 is 0 Å². The molecule has 1 atom stereocenters. The largest absolute Gasteiger partial charge is 0.380 e. The van der Waals surface area contributed by atoms with Crippen molar-refractivity contribution in [3.8, 4) is 0 Å². The highest BCUT2D eigenvalue weighted by Gasteiger charge is 2.44. The number of likely N-dealkylation sites (tertiary alicyclic amines) is 1. The van der Waals surface area contributed by atoms with Crippen molar-refractivity contribution in [2.24, 2.45) is 11.8 Å². The molecular formula is C24H26INO. The van der Waals surface area contributed by atoms with Gasteiger partial charge in [0.1, 0.15) is 5.60 Å². The van der Waals surface area contributed by atoms with Crippen LogP contribution in [0.15, 0.2) is 42.5 Å². The van der Waals surface area contributed by atoms with Crippen LogP contribution in [0.1, 0.15) is 47.9 Å². The maximum Gasteiger partial charge on any atom is 0.119 e. The van der Waals surface area contributed by atoms with Crippen molar-refractivity contribution < 1.29 is 5.11 Å². The summed E-state index contributed by atoms with van der Waals surface area (Å²) in [4.78, 5) is 2.62. The zero-order valence-electron chi connectivity index (χ0n) is 15.6. The summed E-state index contributed by atoms with van der Waals surface area (Å²) >= 11 is 2.37. The molecule has 140 valence electrons. The molecule has 5 rings (SSSR count). The van der Waals surface area contributed by atoms with Gasteiger partial charge in [0.2, 0.25) is 0 Å². The van der Waals surface area contributed by atoms with Crippen LogP contribution in [0.5, 0.6) is 0 Å². The molecule has 0 aromatic heterocycles. The quantitative estimate of drug-likeness (QED) is 0.628. The lowest BCUT2D eigenvalue weighted by Crippen LogP contribution is -2.45. The number of hydrogen-bond acceptors (Lipinski definition) is 2. The van der Waals surface area contributed by atoms with E-state index in [0.717, 1.165) is 54.1 Å². The number of aliphatic hydroxyl groups is 1. The Morgan fingerprint density at radius 2 is 1.63 bits per heavy atom. The van der Waals surface area contributed by atoms with E-state index in [2.05, 4.69) is 82.1 Å². The van der Waals surface area contributed by atoms with Crippen LogP contribution in [-0.4, -0.2) is 29.6 Å². The van der Waals surface area contributed by atoms with Gasteiger partial charge in [0.05, 0.1) is 0 Å². The van der Waals surface area contributed by atoms with E-state index in [1.807, 2.05) is 0 Å². The molecule has 0 bridgehead atoms. The third-order valence-electron chi connectivity index (χ3n) is 6.63. The van der Waals surface area contributed by atoms with Gasteiger partial charge in [0.25, 0.3) is 0 Å². The first-order valence-electron chi connectivity index (χ1n) is 10.2. The Bertz CT molecular complexity index is 880. The van der Waals surface area contributed by atoms with Gasteiger partial charge in [-0.15, -0.1) is 0 Å². The molecule has 1 saturated carbocycles. The van der Waals surface area contributed by atoms with Gasteiger partial charge in [0, 0.05) is 10.1 Å². The summed E-state index contributed by atoms with van der Waals surface area (Å²) < 4.78 is 1.18. The molecule has 0 radical (unpaired) electrons. The average Bonchev–Trinajstić information content (AvgIpc) is 3.52. The van der Waals surface area contributed by atoms with Gasteiger partial charge in [-0.2, -0.15) is 0 Å². The highest BCUT2D eigenvalue weighted by molar-refractivity contribution is 14.1. The molecule has 0 spiro atoms. The lowest BCUT2D eigenvalue weighted by Gasteiger charge is -2.43. The van der Waals surface area contributed by atoms with E-state index < -0.39 is 5.60 Å². The average molecular weight is 471 g/mol. The van der Waals surface area contributed by atoms with Crippen molar-refractivity contribution in [1.29, 1.82) is 0 Å². The predicted octanol–water partition coefficient (Wildman–Crippen LogP) is 5.13. The first-order valence-corrected chi connectivity index (χ1v) is 11.2. The summed E-state index contributed by atoms with van der Waals surface area (Å²) in [5, 5.41) is 12.3. The Morgan fingerprint density at radius 1 is 0.926 bits per heavy atom. The van der Waals surface area contributed by atoms with Crippen molar-refractivity contribution in [2.75, 3.05) is 19.6 Å². The summed E-state index contributed by atoms with van der Waals surface area (Å²) in [7, 11) is 0. The molecule has 1 heterocycles. The van der Waals surface area contributed by atoms with E-state index in [0.29, 0.717) is 0 Å². The number of rotatable bonds is 3. The molecule has 2 nitrogen and oxygen atoms in total. The van der Waals surface area contributed by atoms with E-state index in [1.165, 1.54) is 23.0 Å². The molecule has 1 saturated heterocycles. The second-order valence-corrected chi connectivity index (χ2v) is 9.68. The molecule has 1 unspecified atom stereocenters. The van der Waals surface area contributed by atoms with E-state index in [-0.39, 0.29) is 5.92 Å². The highest BCUT2D eigenvalue weighted by Crippen LogP contribution is 2.47. The van der Waals surface area contributed by atoms with E-state index in [9.17, 15) is 5.11 Å². The van der Waals surface area contributed by atoms with Crippen LogP contribution in [0.4, 0.5) is 0 Å². The summed E-state index contributed by atoms with van der Waals surface area (Å²) in [6.45, 7) is 3.48. The number of halogens is 1. The SMILES string of the molecule is OC1(C2CCN(CC3CC3)CC2)c2ccccc2C=Cc2ccc(I)cc21. The van der Waals surface area contributed by atoms with Crippen molar-refractivity contribution in [3.63, 3.8) is 0 Å². The normalized spacial score (nSPS) is 25.7. The second-order valence-electron chi connectivity index (χ2n) is 8.44. The summed E-state index contributed by atoms with van der Waals surface area (Å²) in [5.74, 6) is 1.20. The van der Waals surface area contributed by atoms with Crippen LogP contribution in [0.3, 0.4) is 0 Å². The van der Waals surface area contributed by atoms with Crippen molar-refractivity contribution in [1.82, 2.24) is 4.90 Å². The first kappa shape index (κ1) is 17.9. The molecule has 3 heteroatoms. The molecule has 2 aliphatic carbocycles.